The standard InChI is InChI=1S/C25H24ClF3N4S/c1-17-4-3-5-19(14-17)18(2)30-21-6-8-22(9-7-21)34-33-12-10-32(11-13-33)24-16-20(25(27,28)29)15-23(26)31-24/h3-9,14-16,30H,2,10-13H2,1H3. The summed E-state index contributed by atoms with van der Waals surface area (Å²) >= 11 is 7.46. The lowest BCUT2D eigenvalue weighted by atomic mass is 10.1. The molecule has 1 N–H and O–H groups in total. The highest BCUT2D eigenvalue weighted by Gasteiger charge is 2.32. The third-order valence-corrected chi connectivity index (χ3v) is 6.72. The number of aryl methyl sites for hydroxylation is 1. The second-order valence-corrected chi connectivity index (χ2v) is 9.60. The van der Waals surface area contributed by atoms with Crippen LogP contribution in [-0.4, -0.2) is 35.5 Å². The number of rotatable bonds is 6. The van der Waals surface area contributed by atoms with Crippen molar-refractivity contribution in [1.29, 1.82) is 0 Å². The topological polar surface area (TPSA) is 31.4 Å². The molecule has 2 aromatic carbocycles. The van der Waals surface area contributed by atoms with E-state index in [0.717, 1.165) is 34.0 Å². The van der Waals surface area contributed by atoms with Crippen LogP contribution in [-0.2, 0) is 6.18 Å². The summed E-state index contributed by atoms with van der Waals surface area (Å²) in [6, 6.07) is 18.2. The van der Waals surface area contributed by atoms with E-state index in [2.05, 4.69) is 27.3 Å². The van der Waals surface area contributed by atoms with Crippen LogP contribution in [0, 0.1) is 6.92 Å². The van der Waals surface area contributed by atoms with Gasteiger partial charge in [0.1, 0.15) is 11.0 Å². The molecule has 2 heterocycles. The molecule has 1 aromatic heterocycles. The molecule has 0 aliphatic carbocycles. The van der Waals surface area contributed by atoms with Gasteiger partial charge in [-0.3, -0.25) is 0 Å². The van der Waals surface area contributed by atoms with Crippen molar-refractivity contribution >= 4 is 40.8 Å². The maximum Gasteiger partial charge on any atom is 0.416 e. The Morgan fingerprint density at radius 1 is 1.03 bits per heavy atom. The Balaban J connectivity index is 1.31. The molecular formula is C25H24ClF3N4S. The van der Waals surface area contributed by atoms with Gasteiger partial charge < -0.3 is 10.2 Å². The lowest BCUT2D eigenvalue weighted by Gasteiger charge is -2.34. The average molecular weight is 505 g/mol. The molecule has 4 rings (SSSR count). The summed E-state index contributed by atoms with van der Waals surface area (Å²) in [7, 11) is 0. The lowest BCUT2D eigenvalue weighted by Crippen LogP contribution is -2.43. The first-order valence-corrected chi connectivity index (χ1v) is 11.9. The minimum atomic E-state index is -4.45. The van der Waals surface area contributed by atoms with Gasteiger partial charge in [-0.2, -0.15) is 13.2 Å². The predicted octanol–water partition coefficient (Wildman–Crippen LogP) is 6.97. The third-order valence-electron chi connectivity index (χ3n) is 5.42. The highest BCUT2D eigenvalue weighted by atomic mass is 35.5. The second-order valence-electron chi connectivity index (χ2n) is 8.04. The molecule has 9 heteroatoms. The molecule has 0 spiro atoms. The predicted molar refractivity (Wildman–Crippen MR) is 134 cm³/mol. The Morgan fingerprint density at radius 2 is 1.74 bits per heavy atom. The van der Waals surface area contributed by atoms with E-state index in [1.54, 1.807) is 11.9 Å². The molecule has 1 fully saturated rings. The van der Waals surface area contributed by atoms with Crippen LogP contribution in [0.2, 0.25) is 5.15 Å². The SMILES string of the molecule is C=C(Nc1ccc(SN2CCN(c3cc(C(F)(F)F)cc(Cl)n3)CC2)cc1)c1cccc(C)c1. The molecule has 3 aromatic rings. The number of anilines is 2. The van der Waals surface area contributed by atoms with Crippen molar-refractivity contribution in [2.24, 2.45) is 0 Å². The van der Waals surface area contributed by atoms with E-state index in [0.29, 0.717) is 26.2 Å². The number of aromatic nitrogens is 1. The van der Waals surface area contributed by atoms with Gasteiger partial charge in [0.15, 0.2) is 0 Å². The normalized spacial score (nSPS) is 14.8. The van der Waals surface area contributed by atoms with Gasteiger partial charge in [0.05, 0.1) is 5.56 Å². The van der Waals surface area contributed by atoms with Crippen molar-refractivity contribution in [3.63, 3.8) is 0 Å². The van der Waals surface area contributed by atoms with Gasteiger partial charge >= 0.3 is 6.18 Å². The molecule has 1 aliphatic heterocycles. The van der Waals surface area contributed by atoms with E-state index in [-0.39, 0.29) is 11.0 Å². The van der Waals surface area contributed by atoms with Crippen molar-refractivity contribution < 1.29 is 13.2 Å². The number of nitrogens with one attached hydrogen (secondary N) is 1. The Bertz CT molecular complexity index is 1160. The van der Waals surface area contributed by atoms with Crippen LogP contribution >= 0.6 is 23.5 Å². The number of nitrogens with zero attached hydrogens (tertiary/aromatic N) is 3. The van der Waals surface area contributed by atoms with Gasteiger partial charge in [-0.15, -0.1) is 0 Å². The van der Waals surface area contributed by atoms with Gasteiger partial charge in [-0.05, 0) is 66.9 Å². The summed E-state index contributed by atoms with van der Waals surface area (Å²) in [5.74, 6) is 0.258. The summed E-state index contributed by atoms with van der Waals surface area (Å²) in [5, 5.41) is 3.19. The fourth-order valence-corrected chi connectivity index (χ4v) is 4.75. The molecule has 1 aliphatic rings. The van der Waals surface area contributed by atoms with Crippen LogP contribution in [0.3, 0.4) is 0 Å². The van der Waals surface area contributed by atoms with Crippen molar-refractivity contribution in [3.05, 3.63) is 89.1 Å². The Hall–Kier alpha value is -2.68. The number of hydrogen-bond donors (Lipinski definition) is 1. The summed E-state index contributed by atoms with van der Waals surface area (Å²) in [4.78, 5) is 7.01. The summed E-state index contributed by atoms with van der Waals surface area (Å²) in [6.45, 7) is 8.67. The number of pyridine rings is 1. The monoisotopic (exact) mass is 504 g/mol. The fraction of sp³-hybridized carbons (Fsp3) is 0.240. The van der Waals surface area contributed by atoms with Crippen LogP contribution in [0.5, 0.6) is 0 Å². The minimum Gasteiger partial charge on any atom is -0.356 e. The molecule has 178 valence electrons. The minimum absolute atomic E-state index is 0.152. The highest BCUT2D eigenvalue weighted by Crippen LogP contribution is 2.33. The smallest absolute Gasteiger partial charge is 0.356 e. The first-order chi connectivity index (χ1) is 16.2. The van der Waals surface area contributed by atoms with Crippen molar-refractivity contribution in [2.75, 3.05) is 36.4 Å². The molecule has 0 radical (unpaired) electrons. The maximum absolute atomic E-state index is 13.1. The van der Waals surface area contributed by atoms with Crippen molar-refractivity contribution in [3.8, 4) is 0 Å². The zero-order valence-electron chi connectivity index (χ0n) is 18.6. The molecule has 0 saturated carbocycles. The van der Waals surface area contributed by atoms with E-state index >= 15 is 0 Å². The molecular weight excluding hydrogens is 481 g/mol. The van der Waals surface area contributed by atoms with Crippen LogP contribution in [0.1, 0.15) is 16.7 Å². The third kappa shape index (κ3) is 6.25. The highest BCUT2D eigenvalue weighted by molar-refractivity contribution is 7.97. The first kappa shape index (κ1) is 24.4. The Labute approximate surface area is 206 Å². The molecule has 4 nitrogen and oxygen atoms in total. The largest absolute Gasteiger partial charge is 0.416 e. The lowest BCUT2D eigenvalue weighted by molar-refractivity contribution is -0.137. The van der Waals surface area contributed by atoms with Crippen LogP contribution in [0.4, 0.5) is 24.7 Å². The Morgan fingerprint density at radius 3 is 2.38 bits per heavy atom. The van der Waals surface area contributed by atoms with Crippen molar-refractivity contribution in [1.82, 2.24) is 9.29 Å². The molecule has 0 atom stereocenters. The van der Waals surface area contributed by atoms with Crippen molar-refractivity contribution in [2.45, 2.75) is 18.0 Å². The van der Waals surface area contributed by atoms with E-state index < -0.39 is 11.7 Å². The summed E-state index contributed by atoms with van der Waals surface area (Å²) in [5.41, 5.74) is 3.24. The van der Waals surface area contributed by atoms with Gasteiger partial charge in [-0.1, -0.05) is 41.9 Å². The molecule has 0 amide bonds. The van der Waals surface area contributed by atoms with Gasteiger partial charge in [0.2, 0.25) is 0 Å². The molecule has 0 unspecified atom stereocenters. The van der Waals surface area contributed by atoms with Gasteiger partial charge in [0, 0.05) is 42.5 Å². The van der Waals surface area contributed by atoms with Crippen LogP contribution in [0.25, 0.3) is 5.70 Å². The zero-order chi connectivity index (χ0) is 24.3. The number of halogens is 4. The second kappa shape index (κ2) is 10.3. The Kier molecular flexibility index (Phi) is 7.40. The molecule has 1 saturated heterocycles. The van der Waals surface area contributed by atoms with E-state index in [4.69, 9.17) is 11.6 Å². The number of piperazine rings is 1. The average Bonchev–Trinajstić information content (AvgIpc) is 2.80. The van der Waals surface area contributed by atoms with Crippen LogP contribution in [0.15, 0.2) is 72.1 Å². The van der Waals surface area contributed by atoms with Crippen LogP contribution < -0.4 is 10.2 Å². The molecule has 0 bridgehead atoms. The number of hydrogen-bond acceptors (Lipinski definition) is 5. The first-order valence-electron chi connectivity index (χ1n) is 10.7. The van der Waals surface area contributed by atoms with E-state index in [1.807, 2.05) is 54.3 Å². The quantitative estimate of drug-likeness (QED) is 0.289. The summed E-state index contributed by atoms with van der Waals surface area (Å²) in [6.07, 6.45) is -4.45. The molecule has 34 heavy (non-hydrogen) atoms. The van der Waals surface area contributed by atoms with E-state index in [1.165, 1.54) is 5.56 Å². The summed E-state index contributed by atoms with van der Waals surface area (Å²) < 4.78 is 41.5. The maximum atomic E-state index is 13.1. The van der Waals surface area contributed by atoms with E-state index in [9.17, 15) is 13.2 Å². The number of benzene rings is 2. The number of alkyl halides is 3. The fourth-order valence-electron chi connectivity index (χ4n) is 3.64. The van der Waals surface area contributed by atoms with Gasteiger partial charge in [-0.25, -0.2) is 9.29 Å². The van der Waals surface area contributed by atoms with Gasteiger partial charge in [0.25, 0.3) is 0 Å². The zero-order valence-corrected chi connectivity index (χ0v) is 20.1.